The first-order valence-corrected chi connectivity index (χ1v) is 33.5. The highest BCUT2D eigenvalue weighted by Crippen LogP contribution is 2.25. The van der Waals surface area contributed by atoms with Crippen LogP contribution >= 0.6 is 0 Å². The summed E-state index contributed by atoms with van der Waals surface area (Å²) >= 11 is 0. The largest absolute Gasteiger partial charge is 0.462 e. The number of nitrogens with zero attached hydrogens (tertiary/aromatic N) is 7. The van der Waals surface area contributed by atoms with E-state index in [0.717, 1.165) is 0 Å². The Morgan fingerprint density at radius 2 is 0.367 bits per heavy atom. The molecule has 0 aromatic heterocycles. The zero-order chi connectivity index (χ0) is 87.0. The lowest BCUT2D eigenvalue weighted by Gasteiger charge is -2.31. The Balaban J connectivity index is 0.000000389. The number of hydrogen-bond acceptors (Lipinski definition) is 42. The molecule has 612 valence electrons. The molecule has 0 saturated carbocycles. The van der Waals surface area contributed by atoms with Gasteiger partial charge in [-0.25, -0.2) is 101 Å². The van der Waals surface area contributed by atoms with E-state index in [1.807, 2.05) is 0 Å². The molecule has 0 N–H and O–H groups in total. The third-order valence-corrected chi connectivity index (χ3v) is 14.5. The van der Waals surface area contributed by atoms with Crippen molar-refractivity contribution in [3.63, 3.8) is 0 Å². The maximum absolute atomic E-state index is 13.0. The average molecular weight is 1650 g/mol. The fourth-order valence-electron chi connectivity index (χ4n) is 8.67. The number of ether oxygens (including phenoxy) is 14. The highest BCUT2D eigenvalue weighted by Gasteiger charge is 2.39. The molecular weight excluding hydrogens is 1590 g/mol. The van der Waals surface area contributed by atoms with E-state index in [1.54, 1.807) is 0 Å². The molecule has 0 heterocycles. The molecule has 0 aliphatic carbocycles. The molecule has 0 spiro atoms. The molecular formula is C78H55N7O35. The zero-order valence-electron chi connectivity index (χ0n) is 61.4. The van der Waals surface area contributed by atoms with Gasteiger partial charge in [-0.05, 0) is 170 Å². The van der Waals surface area contributed by atoms with E-state index in [2.05, 4.69) is 34.9 Å². The molecule has 42 heteroatoms. The number of esters is 14. The van der Waals surface area contributed by atoms with Gasteiger partial charge in [-0.2, -0.15) is 34.9 Å². The fourth-order valence-corrected chi connectivity index (χ4v) is 8.67. The van der Waals surface area contributed by atoms with Gasteiger partial charge < -0.3 is 66.3 Å². The number of hydrogen-bond donors (Lipinski definition) is 0. The van der Waals surface area contributed by atoms with Crippen molar-refractivity contribution in [1.29, 1.82) is 0 Å². The summed E-state index contributed by atoms with van der Waals surface area (Å²) in [5, 5.41) is 0. The van der Waals surface area contributed by atoms with Crippen molar-refractivity contribution in [2.75, 3.05) is 85.9 Å². The average Bonchev–Trinajstić information content (AvgIpc) is 0.843. The maximum atomic E-state index is 13.0. The van der Waals surface area contributed by atoms with E-state index >= 15 is 0 Å². The van der Waals surface area contributed by atoms with Crippen molar-refractivity contribution >= 4 is 166 Å². The maximum Gasteiger partial charge on any atom is 0.344 e. The number of isocyanates is 7. The predicted molar refractivity (Wildman–Crippen MR) is 390 cm³/mol. The van der Waals surface area contributed by atoms with Crippen LogP contribution in [-0.4, -0.2) is 218 Å². The second kappa shape index (κ2) is 49.3. The molecule has 0 aliphatic rings. The van der Waals surface area contributed by atoms with Gasteiger partial charge in [0.1, 0.15) is 45.1 Å². The molecule has 7 aromatic rings. The normalized spacial score (nSPS) is 10.6. The molecule has 7 rings (SSSR count). The van der Waals surface area contributed by atoms with Crippen LogP contribution in [0.4, 0.5) is 39.8 Å². The summed E-state index contributed by atoms with van der Waals surface area (Å²) in [5.74, 6) is -15.1. The minimum Gasteiger partial charge on any atom is -0.462 e. The minimum absolute atomic E-state index is 0.00646. The van der Waals surface area contributed by atoms with Crippen LogP contribution in [0.1, 0.15) is 72.5 Å². The quantitative estimate of drug-likeness (QED) is 0.0186. The number of aliphatic imine (C=N–C) groups is 7. The van der Waals surface area contributed by atoms with Crippen molar-refractivity contribution in [3.8, 4) is 0 Å². The Bertz CT molecular complexity index is 4790. The minimum atomic E-state index is -2.08. The molecule has 120 heavy (non-hydrogen) atoms. The van der Waals surface area contributed by atoms with E-state index in [-0.39, 0.29) is 78.8 Å². The van der Waals surface area contributed by atoms with E-state index in [1.165, 1.54) is 212 Å². The highest BCUT2D eigenvalue weighted by molar-refractivity contribution is 5.95. The third kappa shape index (κ3) is 32.8. The van der Waals surface area contributed by atoms with Gasteiger partial charge in [0.25, 0.3) is 0 Å². The van der Waals surface area contributed by atoms with Crippen molar-refractivity contribution < 1.29 is 167 Å². The summed E-state index contributed by atoms with van der Waals surface area (Å²) in [6.07, 6.45) is 7.86. The Morgan fingerprint density at radius 1 is 0.217 bits per heavy atom. The van der Waals surface area contributed by atoms with Crippen molar-refractivity contribution in [2.45, 2.75) is 6.10 Å². The Morgan fingerprint density at radius 3 is 0.525 bits per heavy atom. The first-order chi connectivity index (χ1) is 57.9. The first kappa shape index (κ1) is 91.7. The van der Waals surface area contributed by atoms with Gasteiger partial charge in [-0.1, -0.05) is 0 Å². The van der Waals surface area contributed by atoms with Gasteiger partial charge in [0, 0.05) is 0 Å². The molecule has 0 aliphatic heterocycles. The monoisotopic (exact) mass is 1650 g/mol. The van der Waals surface area contributed by atoms with E-state index in [0.29, 0.717) is 0 Å². The number of carbonyl (C=O) groups is 14. The number of benzene rings is 7. The van der Waals surface area contributed by atoms with E-state index in [9.17, 15) is 101 Å². The van der Waals surface area contributed by atoms with Crippen LogP contribution in [0.2, 0.25) is 0 Å². The molecule has 0 bridgehead atoms. The first-order valence-electron chi connectivity index (χ1n) is 33.5. The van der Waals surface area contributed by atoms with Crippen LogP contribution in [0, 0.1) is 5.41 Å². The molecule has 0 atom stereocenters. The van der Waals surface area contributed by atoms with E-state index in [4.69, 9.17) is 66.3 Å². The Hall–Kier alpha value is -17.2. The lowest BCUT2D eigenvalue weighted by molar-refractivity contribution is -0.174. The number of carbonyl (C=O) groups excluding carboxylic acids is 21. The number of rotatable bonds is 41. The van der Waals surface area contributed by atoms with E-state index < -0.39 is 181 Å². The Labute approximate surface area is 671 Å². The summed E-state index contributed by atoms with van der Waals surface area (Å²) in [5.41, 5.74) is -0.926. The summed E-state index contributed by atoms with van der Waals surface area (Å²) < 4.78 is 70.8. The third-order valence-electron chi connectivity index (χ3n) is 14.5. The molecule has 0 saturated heterocycles. The standard InChI is InChI=1S/C45H32N4O20.C33H23N3O15/c50-25-46-33-9-1-29(2-10-33)41(58)62-17-37(54)66-21-45(22-67-38(55)18-63-42(59)30-3-11-34(12-4-30)47-26-51,23-68-39(56)19-64-43(60)31-5-13-35(14-6-31)48-27-52)24-69-40(57)20-65-44(61)32-7-15-36(16-8-32)49-28-53;37-18-34-24-7-1-21(2-8-24)31(43)48-15-28(40)46-13-27(51-30(42)17-50-33(45)23-5-11-26(12-6-23)36-20-39)14-47-29(41)16-49-32(44)22-3-9-25(10-4-22)35-19-38/h1-16H,17-24H2;1-12,27H,13-17H2. The molecule has 0 radical (unpaired) electrons. The molecule has 0 fully saturated rings. The predicted octanol–water partition coefficient (Wildman–Crippen LogP) is 5.90. The molecule has 42 nitrogen and oxygen atoms in total. The van der Waals surface area contributed by atoms with Crippen LogP contribution in [0.5, 0.6) is 0 Å². The smallest absolute Gasteiger partial charge is 0.344 e. The van der Waals surface area contributed by atoms with Gasteiger partial charge in [0.15, 0.2) is 52.4 Å². The molecule has 0 unspecified atom stereocenters. The second-order valence-electron chi connectivity index (χ2n) is 22.9. The van der Waals surface area contributed by atoms with Crippen LogP contribution in [-0.2, 0) is 133 Å². The fraction of sp³-hybridized carbons (Fsp3) is 0.192. The van der Waals surface area contributed by atoms with Gasteiger partial charge in [-0.15, -0.1) is 0 Å². The van der Waals surface area contributed by atoms with Crippen LogP contribution < -0.4 is 0 Å². The van der Waals surface area contributed by atoms with Crippen LogP contribution in [0.3, 0.4) is 0 Å². The van der Waals surface area contributed by atoms with Crippen molar-refractivity contribution in [2.24, 2.45) is 40.4 Å². The summed E-state index contributed by atoms with van der Waals surface area (Å²) in [6, 6.07) is 35.9. The summed E-state index contributed by atoms with van der Waals surface area (Å²) in [4.78, 5) is 273. The zero-order valence-corrected chi connectivity index (χ0v) is 61.4. The van der Waals surface area contributed by atoms with Crippen LogP contribution in [0.15, 0.2) is 205 Å². The van der Waals surface area contributed by atoms with Gasteiger partial charge in [0.05, 0.1) is 78.8 Å². The Kier molecular flexibility index (Phi) is 37.7. The summed E-state index contributed by atoms with van der Waals surface area (Å²) in [7, 11) is 0. The lowest BCUT2D eigenvalue weighted by Crippen LogP contribution is -2.45. The second-order valence-corrected chi connectivity index (χ2v) is 22.9. The summed E-state index contributed by atoms with van der Waals surface area (Å²) in [6.45, 7) is -12.0. The van der Waals surface area contributed by atoms with Crippen LogP contribution in [0.25, 0.3) is 0 Å². The van der Waals surface area contributed by atoms with Crippen molar-refractivity contribution in [3.05, 3.63) is 209 Å². The van der Waals surface area contributed by atoms with Crippen molar-refractivity contribution in [1.82, 2.24) is 0 Å². The highest BCUT2D eigenvalue weighted by atomic mass is 16.7. The lowest BCUT2D eigenvalue weighted by atomic mass is 9.92. The van der Waals surface area contributed by atoms with Gasteiger partial charge >= 0.3 is 83.6 Å². The molecule has 0 amide bonds. The topological polar surface area (TPSA) is 574 Å². The SMILES string of the molecule is O=C=Nc1ccc(C(=O)OCC(=O)OCC(COC(=O)COC(=O)c2ccc(N=C=O)cc2)(COC(=O)COC(=O)c2ccc(N=C=O)cc2)COC(=O)COC(=O)c2ccc(N=C=O)cc2)cc1.O=C=Nc1ccc(C(=O)OCC(=O)OCC(COC(=O)COC(=O)c2ccc(N=C=O)cc2)OC(=O)COC(=O)c2ccc(N=C=O)cc2)cc1. The molecule has 7 aromatic carbocycles. The van der Waals surface area contributed by atoms with Gasteiger partial charge in [-0.3, -0.25) is 0 Å². The van der Waals surface area contributed by atoms with Gasteiger partial charge in [0.2, 0.25) is 42.6 Å².